The minimum absolute atomic E-state index is 0.0185. The van der Waals surface area contributed by atoms with Crippen molar-refractivity contribution < 1.29 is 41.8 Å². The van der Waals surface area contributed by atoms with Crippen LogP contribution in [-0.4, -0.2) is 85.7 Å². The molecule has 3 aromatic rings. The number of carbonyl (C=O) groups is 3. The van der Waals surface area contributed by atoms with Crippen LogP contribution < -0.4 is 10.6 Å². The van der Waals surface area contributed by atoms with Crippen LogP contribution in [0.3, 0.4) is 0 Å². The lowest BCUT2D eigenvalue weighted by Crippen LogP contribution is -2.21. The number of carboxylic acid groups (broad SMARTS) is 1. The van der Waals surface area contributed by atoms with Crippen LogP contribution in [0.1, 0.15) is 52.6 Å². The third kappa shape index (κ3) is 11.0. The van der Waals surface area contributed by atoms with E-state index in [4.69, 9.17) is 14.6 Å². The number of amides is 2. The van der Waals surface area contributed by atoms with Gasteiger partial charge in [0.05, 0.1) is 24.9 Å². The number of hydrogen-bond acceptors (Lipinski definition) is 9. The zero-order valence-electron chi connectivity index (χ0n) is 23.1. The topological polar surface area (TPSA) is 174 Å². The molecule has 0 aromatic carbocycles. The molecule has 17 heteroatoms. The first-order valence-corrected chi connectivity index (χ1v) is 13.2. The Bertz CT molecular complexity index is 1360. The number of ether oxygens (including phenoxy) is 1. The number of carbonyl (C=O) groups excluding carboxylic acids is 2. The molecule has 1 unspecified atom stereocenters. The van der Waals surface area contributed by atoms with Crippen molar-refractivity contribution in [3.8, 4) is 0 Å². The predicted octanol–water partition coefficient (Wildman–Crippen LogP) is 2.50. The molecule has 1 aliphatic heterocycles. The monoisotopic (exact) mass is 610 g/mol. The number of carboxylic acids is 1. The van der Waals surface area contributed by atoms with Crippen LogP contribution in [0.25, 0.3) is 0 Å². The smallest absolute Gasteiger partial charge is 0.475 e. The molecule has 3 aromatic heterocycles. The van der Waals surface area contributed by atoms with Crippen LogP contribution in [0.2, 0.25) is 0 Å². The fraction of sp³-hybridized carbons (Fsp3) is 0.462. The Morgan fingerprint density at radius 1 is 1.12 bits per heavy atom. The molecule has 3 N–H and O–H groups in total. The van der Waals surface area contributed by atoms with Gasteiger partial charge in [-0.25, -0.2) is 13.9 Å². The molecule has 0 saturated carbocycles. The number of alkyl halides is 4. The Balaban J connectivity index is 0.000000646. The van der Waals surface area contributed by atoms with Gasteiger partial charge in [0, 0.05) is 32.2 Å². The number of aliphatic carboxylic acids is 1. The van der Waals surface area contributed by atoms with Crippen LogP contribution in [0, 0.1) is 0 Å². The van der Waals surface area contributed by atoms with E-state index in [1.54, 1.807) is 18.3 Å². The van der Waals surface area contributed by atoms with Crippen molar-refractivity contribution in [2.45, 2.75) is 56.9 Å². The van der Waals surface area contributed by atoms with Gasteiger partial charge in [0.2, 0.25) is 5.91 Å². The second-order valence-corrected chi connectivity index (χ2v) is 9.45. The standard InChI is InChI=1S/C24H29FN8O3.C2HF3O2/c1-26-24(35)21-15-33(32-30-21)14-18(25)2-3-19-4-5-22(31-29-19)28-23(34)13-20-12-17(6-9-27-20)16-7-10-36-11-8-16;3-2(4,5)1(6)7/h4-6,9,12,15-16,18H,2-3,7-8,10-11,13-14H2,1H3,(H,26,35)(H,28,31,34);(H,6,7). The van der Waals surface area contributed by atoms with E-state index in [1.165, 1.54) is 23.5 Å². The lowest BCUT2D eigenvalue weighted by Gasteiger charge is -2.22. The van der Waals surface area contributed by atoms with E-state index in [0.29, 0.717) is 29.5 Å². The van der Waals surface area contributed by atoms with Crippen LogP contribution >= 0.6 is 0 Å². The summed E-state index contributed by atoms with van der Waals surface area (Å²) in [5, 5.41) is 27.9. The summed E-state index contributed by atoms with van der Waals surface area (Å²) < 4.78 is 52.8. The largest absolute Gasteiger partial charge is 0.490 e. The van der Waals surface area contributed by atoms with Crippen LogP contribution in [0.4, 0.5) is 23.4 Å². The average molecular weight is 611 g/mol. The van der Waals surface area contributed by atoms with Crippen molar-refractivity contribution in [1.82, 2.24) is 35.5 Å². The number of aryl methyl sites for hydroxylation is 1. The highest BCUT2D eigenvalue weighted by Crippen LogP contribution is 2.27. The van der Waals surface area contributed by atoms with Gasteiger partial charge in [-0.3, -0.25) is 14.6 Å². The SMILES string of the molecule is CNC(=O)c1cn(CC(F)CCc2ccc(NC(=O)Cc3cc(C4CCOCC4)ccn3)nn2)nn1.O=C(O)C(F)(F)F. The number of rotatable bonds is 10. The third-order valence-corrected chi connectivity index (χ3v) is 6.20. The van der Waals surface area contributed by atoms with Gasteiger partial charge in [0.25, 0.3) is 5.91 Å². The maximum atomic E-state index is 14.4. The molecule has 1 saturated heterocycles. The van der Waals surface area contributed by atoms with Gasteiger partial charge in [-0.2, -0.15) is 18.3 Å². The summed E-state index contributed by atoms with van der Waals surface area (Å²) in [6.07, 6.45) is -0.501. The van der Waals surface area contributed by atoms with E-state index < -0.39 is 18.3 Å². The molecule has 43 heavy (non-hydrogen) atoms. The minimum Gasteiger partial charge on any atom is -0.475 e. The summed E-state index contributed by atoms with van der Waals surface area (Å²) in [6, 6.07) is 7.33. The lowest BCUT2D eigenvalue weighted by atomic mass is 9.92. The highest BCUT2D eigenvalue weighted by molar-refractivity contribution is 5.91. The van der Waals surface area contributed by atoms with E-state index in [2.05, 4.69) is 36.1 Å². The molecule has 0 bridgehead atoms. The summed E-state index contributed by atoms with van der Waals surface area (Å²) in [5.74, 6) is -2.61. The van der Waals surface area contributed by atoms with Gasteiger partial charge in [0.15, 0.2) is 11.5 Å². The normalized spacial score (nSPS) is 14.3. The molecule has 1 aliphatic rings. The average Bonchev–Trinajstić information content (AvgIpc) is 3.45. The Hall–Kier alpha value is -4.54. The summed E-state index contributed by atoms with van der Waals surface area (Å²) >= 11 is 0. The molecule has 1 fully saturated rings. The molecule has 2 amide bonds. The fourth-order valence-electron chi connectivity index (χ4n) is 4.01. The van der Waals surface area contributed by atoms with Crippen LogP contribution in [-0.2, 0) is 33.7 Å². The van der Waals surface area contributed by atoms with Crippen molar-refractivity contribution in [3.05, 3.63) is 59.3 Å². The molecule has 1 atom stereocenters. The van der Waals surface area contributed by atoms with E-state index in [0.717, 1.165) is 26.1 Å². The Morgan fingerprint density at radius 2 is 1.84 bits per heavy atom. The molecule has 232 valence electrons. The van der Waals surface area contributed by atoms with Crippen molar-refractivity contribution >= 4 is 23.6 Å². The van der Waals surface area contributed by atoms with E-state index >= 15 is 0 Å². The number of nitrogens with zero attached hydrogens (tertiary/aromatic N) is 6. The summed E-state index contributed by atoms with van der Waals surface area (Å²) in [7, 11) is 1.49. The highest BCUT2D eigenvalue weighted by Gasteiger charge is 2.38. The molecule has 0 spiro atoms. The van der Waals surface area contributed by atoms with Crippen LogP contribution in [0.5, 0.6) is 0 Å². The van der Waals surface area contributed by atoms with Gasteiger partial charge >= 0.3 is 12.1 Å². The zero-order valence-corrected chi connectivity index (χ0v) is 23.1. The first-order valence-electron chi connectivity index (χ1n) is 13.2. The first-order chi connectivity index (χ1) is 20.4. The summed E-state index contributed by atoms with van der Waals surface area (Å²) in [6.45, 7) is 1.49. The third-order valence-electron chi connectivity index (χ3n) is 6.20. The van der Waals surface area contributed by atoms with Gasteiger partial charge in [-0.05, 0) is 61.4 Å². The van der Waals surface area contributed by atoms with Crippen molar-refractivity contribution in [3.63, 3.8) is 0 Å². The Labute approximate surface area is 243 Å². The Kier molecular flexibility index (Phi) is 12.0. The number of pyridine rings is 1. The first kappa shape index (κ1) is 33.0. The number of nitrogens with one attached hydrogen (secondary N) is 2. The fourth-order valence-corrected chi connectivity index (χ4v) is 4.01. The van der Waals surface area contributed by atoms with Crippen molar-refractivity contribution in [2.75, 3.05) is 25.6 Å². The maximum Gasteiger partial charge on any atom is 0.490 e. The summed E-state index contributed by atoms with van der Waals surface area (Å²) in [4.78, 5) is 37.2. The molecular formula is C26H30F4N8O5. The summed E-state index contributed by atoms with van der Waals surface area (Å²) in [5.41, 5.74) is 2.62. The van der Waals surface area contributed by atoms with E-state index in [1.807, 2.05) is 12.1 Å². The number of hydrogen-bond donors (Lipinski definition) is 3. The maximum absolute atomic E-state index is 14.4. The Morgan fingerprint density at radius 3 is 2.47 bits per heavy atom. The molecule has 0 aliphatic carbocycles. The van der Waals surface area contributed by atoms with E-state index in [-0.39, 0.29) is 36.9 Å². The zero-order chi connectivity index (χ0) is 31.4. The van der Waals surface area contributed by atoms with Gasteiger partial charge in [0.1, 0.15) is 6.17 Å². The number of anilines is 1. The quantitative estimate of drug-likeness (QED) is 0.289. The molecular weight excluding hydrogens is 580 g/mol. The highest BCUT2D eigenvalue weighted by atomic mass is 19.4. The predicted molar refractivity (Wildman–Crippen MR) is 142 cm³/mol. The van der Waals surface area contributed by atoms with Crippen molar-refractivity contribution in [2.24, 2.45) is 0 Å². The second kappa shape index (κ2) is 15.6. The van der Waals surface area contributed by atoms with Crippen LogP contribution in [0.15, 0.2) is 36.7 Å². The lowest BCUT2D eigenvalue weighted by molar-refractivity contribution is -0.192. The van der Waals surface area contributed by atoms with Gasteiger partial charge in [-0.1, -0.05) is 5.21 Å². The van der Waals surface area contributed by atoms with Gasteiger partial charge < -0.3 is 20.5 Å². The second-order valence-electron chi connectivity index (χ2n) is 9.45. The van der Waals surface area contributed by atoms with E-state index in [9.17, 15) is 27.2 Å². The number of aromatic nitrogens is 6. The minimum atomic E-state index is -5.08. The van der Waals surface area contributed by atoms with Gasteiger partial charge in [-0.15, -0.1) is 10.2 Å². The van der Waals surface area contributed by atoms with Crippen molar-refractivity contribution in [1.29, 1.82) is 0 Å². The molecule has 4 rings (SSSR count). The molecule has 13 nitrogen and oxygen atoms in total. The molecule has 4 heterocycles. The number of halogens is 4. The molecule has 0 radical (unpaired) electrons.